The number of fused-ring (bicyclic) bond motifs is 1. The van der Waals surface area contributed by atoms with Gasteiger partial charge in [-0.05, 0) is 36.8 Å². The Morgan fingerprint density at radius 1 is 1.12 bits per heavy atom. The van der Waals surface area contributed by atoms with Crippen LogP contribution in [0.15, 0.2) is 30.3 Å². The fourth-order valence-electron chi connectivity index (χ4n) is 2.19. The molecule has 2 aromatic heterocycles. The number of alkyl halides is 3. The van der Waals surface area contributed by atoms with E-state index in [1.807, 2.05) is 0 Å². The normalized spacial score (nSPS) is 13.2. The predicted molar refractivity (Wildman–Crippen MR) is 84.3 cm³/mol. The van der Waals surface area contributed by atoms with Crippen LogP contribution < -0.4 is 5.32 Å². The number of nitrogens with zero attached hydrogens (tertiary/aromatic N) is 4. The molecule has 3 aromatic rings. The molecule has 0 amide bonds. The molecule has 0 bridgehead atoms. The van der Waals surface area contributed by atoms with E-state index in [-0.39, 0.29) is 17.5 Å². The van der Waals surface area contributed by atoms with E-state index in [1.165, 1.54) is 12.1 Å². The first kappa shape index (κ1) is 16.8. The molecule has 1 aromatic carbocycles. The number of benzene rings is 1. The Labute approximate surface area is 144 Å². The van der Waals surface area contributed by atoms with Crippen molar-refractivity contribution < 1.29 is 13.2 Å². The van der Waals surface area contributed by atoms with Crippen molar-refractivity contribution in [3.05, 3.63) is 51.8 Å². The molecule has 0 aliphatic carbocycles. The first-order valence-electron chi connectivity index (χ1n) is 6.77. The first-order valence-corrected chi connectivity index (χ1v) is 7.52. The van der Waals surface area contributed by atoms with Crippen LogP contribution in [-0.4, -0.2) is 19.8 Å². The van der Waals surface area contributed by atoms with E-state index in [0.717, 1.165) is 5.56 Å². The van der Waals surface area contributed by atoms with Gasteiger partial charge < -0.3 is 5.32 Å². The summed E-state index contributed by atoms with van der Waals surface area (Å²) in [6.45, 7) is 1.80. The Balaban J connectivity index is 1.92. The Morgan fingerprint density at radius 2 is 1.88 bits per heavy atom. The number of hydrogen-bond donors (Lipinski definition) is 1. The minimum atomic E-state index is -4.64. The van der Waals surface area contributed by atoms with E-state index in [4.69, 9.17) is 23.2 Å². The summed E-state index contributed by atoms with van der Waals surface area (Å²) in [4.78, 5) is 0. The fourth-order valence-corrected chi connectivity index (χ4v) is 2.77. The summed E-state index contributed by atoms with van der Waals surface area (Å²) in [7, 11) is 0. The third-order valence-electron chi connectivity index (χ3n) is 3.31. The summed E-state index contributed by atoms with van der Waals surface area (Å²) in [5.41, 5.74) is 0.743. The maximum Gasteiger partial charge on any atom is 0.453 e. The summed E-state index contributed by atoms with van der Waals surface area (Å²) in [6, 6.07) is 7.62. The lowest BCUT2D eigenvalue weighted by Gasteiger charge is -2.16. The van der Waals surface area contributed by atoms with E-state index < -0.39 is 12.0 Å². The molecule has 3 rings (SSSR count). The smallest absolute Gasteiger partial charge is 0.362 e. The van der Waals surface area contributed by atoms with Crippen LogP contribution in [0.2, 0.25) is 10.0 Å². The molecule has 0 unspecified atom stereocenters. The zero-order chi connectivity index (χ0) is 17.5. The van der Waals surface area contributed by atoms with E-state index in [1.54, 1.807) is 25.1 Å². The molecule has 24 heavy (non-hydrogen) atoms. The topological polar surface area (TPSA) is 55.1 Å². The van der Waals surface area contributed by atoms with Crippen molar-refractivity contribution in [2.75, 3.05) is 5.32 Å². The number of anilines is 1. The van der Waals surface area contributed by atoms with Gasteiger partial charge in [0.05, 0.1) is 6.04 Å². The second-order valence-electron chi connectivity index (χ2n) is 5.04. The quantitative estimate of drug-likeness (QED) is 0.725. The van der Waals surface area contributed by atoms with Crippen molar-refractivity contribution in [1.82, 2.24) is 19.8 Å². The third-order valence-corrected chi connectivity index (χ3v) is 3.87. The molecule has 5 nitrogen and oxygen atoms in total. The molecule has 10 heteroatoms. The molecule has 0 fully saturated rings. The number of aromatic nitrogens is 4. The average Bonchev–Trinajstić information content (AvgIpc) is 2.90. The first-order chi connectivity index (χ1) is 11.3. The number of rotatable bonds is 3. The van der Waals surface area contributed by atoms with Crippen LogP contribution in [-0.2, 0) is 6.18 Å². The van der Waals surface area contributed by atoms with Crippen molar-refractivity contribution >= 4 is 34.7 Å². The minimum Gasteiger partial charge on any atom is -0.362 e. The zero-order valence-corrected chi connectivity index (χ0v) is 13.7. The van der Waals surface area contributed by atoms with Crippen molar-refractivity contribution in [2.24, 2.45) is 0 Å². The summed E-state index contributed by atoms with van der Waals surface area (Å²) < 4.78 is 39.3. The van der Waals surface area contributed by atoms with Crippen molar-refractivity contribution in [3.8, 4) is 0 Å². The average molecular weight is 376 g/mol. The Kier molecular flexibility index (Phi) is 4.27. The van der Waals surface area contributed by atoms with E-state index in [2.05, 4.69) is 20.6 Å². The molecule has 0 aliphatic rings. The van der Waals surface area contributed by atoms with Gasteiger partial charge in [0, 0.05) is 10.0 Å². The molecule has 0 spiro atoms. The van der Waals surface area contributed by atoms with Crippen LogP contribution >= 0.6 is 23.2 Å². The van der Waals surface area contributed by atoms with Gasteiger partial charge in [-0.15, -0.1) is 15.3 Å². The fraction of sp³-hybridized carbons (Fsp3) is 0.214. The van der Waals surface area contributed by atoms with Gasteiger partial charge in [-0.3, -0.25) is 0 Å². The molecular weight excluding hydrogens is 366 g/mol. The molecule has 1 atom stereocenters. The van der Waals surface area contributed by atoms with E-state index in [9.17, 15) is 13.2 Å². The van der Waals surface area contributed by atoms with Crippen molar-refractivity contribution in [2.45, 2.75) is 19.1 Å². The summed E-state index contributed by atoms with van der Waals surface area (Å²) >= 11 is 12.0. The Hall–Kier alpha value is -2.06. The maximum atomic E-state index is 12.9. The summed E-state index contributed by atoms with van der Waals surface area (Å²) in [5.74, 6) is -0.954. The minimum absolute atomic E-state index is 0.00468. The summed E-state index contributed by atoms with van der Waals surface area (Å²) in [5, 5.41) is 14.4. The van der Waals surface area contributed by atoms with E-state index >= 15 is 0 Å². The maximum absolute atomic E-state index is 12.9. The molecule has 0 saturated heterocycles. The van der Waals surface area contributed by atoms with Crippen LogP contribution in [0.4, 0.5) is 19.0 Å². The second-order valence-corrected chi connectivity index (χ2v) is 5.89. The highest BCUT2D eigenvalue weighted by Crippen LogP contribution is 2.29. The number of nitrogens with one attached hydrogen (secondary N) is 1. The Morgan fingerprint density at radius 3 is 2.54 bits per heavy atom. The molecule has 0 aliphatic heterocycles. The SMILES string of the molecule is C[C@H](Nc1ccc2nnc(C(F)(F)F)n2n1)c1ccc(Cl)cc1Cl. The van der Waals surface area contributed by atoms with Gasteiger partial charge in [0.25, 0.3) is 5.82 Å². The third kappa shape index (κ3) is 3.25. The monoisotopic (exact) mass is 375 g/mol. The lowest BCUT2D eigenvalue weighted by Crippen LogP contribution is -2.14. The van der Waals surface area contributed by atoms with Gasteiger partial charge in [-0.25, -0.2) is 0 Å². The number of halogens is 5. The largest absolute Gasteiger partial charge is 0.453 e. The van der Waals surface area contributed by atoms with Gasteiger partial charge in [0.1, 0.15) is 5.82 Å². The van der Waals surface area contributed by atoms with Gasteiger partial charge >= 0.3 is 6.18 Å². The molecule has 0 radical (unpaired) electrons. The molecule has 0 saturated carbocycles. The highest BCUT2D eigenvalue weighted by atomic mass is 35.5. The van der Waals surface area contributed by atoms with Crippen molar-refractivity contribution in [1.29, 1.82) is 0 Å². The lowest BCUT2D eigenvalue weighted by atomic mass is 10.1. The van der Waals surface area contributed by atoms with Crippen LogP contribution in [0.5, 0.6) is 0 Å². The highest BCUT2D eigenvalue weighted by Gasteiger charge is 2.37. The van der Waals surface area contributed by atoms with Crippen LogP contribution in [0.3, 0.4) is 0 Å². The lowest BCUT2D eigenvalue weighted by molar-refractivity contribution is -0.146. The summed E-state index contributed by atoms with van der Waals surface area (Å²) in [6.07, 6.45) is -4.64. The van der Waals surface area contributed by atoms with Gasteiger partial charge in [0.2, 0.25) is 0 Å². The van der Waals surface area contributed by atoms with Crippen LogP contribution in [0.25, 0.3) is 5.65 Å². The second kappa shape index (κ2) is 6.10. The zero-order valence-electron chi connectivity index (χ0n) is 12.1. The van der Waals surface area contributed by atoms with E-state index in [0.29, 0.717) is 14.6 Å². The molecular formula is C14H10Cl2F3N5. The molecule has 1 N–H and O–H groups in total. The Bertz CT molecular complexity index is 894. The molecule has 2 heterocycles. The molecule has 126 valence electrons. The number of hydrogen-bond acceptors (Lipinski definition) is 4. The van der Waals surface area contributed by atoms with Gasteiger partial charge in [0.15, 0.2) is 5.65 Å². The predicted octanol–water partition coefficient (Wildman–Crippen LogP) is 4.62. The van der Waals surface area contributed by atoms with Gasteiger partial charge in [-0.2, -0.15) is 17.7 Å². The standard InChI is InChI=1S/C14H10Cl2F3N5/c1-7(9-3-2-8(15)6-10(9)16)20-11-4-5-12-21-22-13(14(17,18)19)24(12)23-11/h2-7H,1H3,(H,20,23)/t7-/m0/s1. The van der Waals surface area contributed by atoms with Gasteiger partial charge in [-0.1, -0.05) is 29.3 Å². The highest BCUT2D eigenvalue weighted by molar-refractivity contribution is 6.35. The van der Waals surface area contributed by atoms with Crippen LogP contribution in [0.1, 0.15) is 24.4 Å². The van der Waals surface area contributed by atoms with Crippen molar-refractivity contribution in [3.63, 3.8) is 0 Å². The van der Waals surface area contributed by atoms with Crippen LogP contribution in [0, 0.1) is 0 Å².